The van der Waals surface area contributed by atoms with Crippen LogP contribution in [0.15, 0.2) is 24.3 Å². The second kappa shape index (κ2) is 5.80. The number of benzene rings is 1. The summed E-state index contributed by atoms with van der Waals surface area (Å²) in [5, 5.41) is 0. The molecule has 1 aromatic carbocycles. The van der Waals surface area contributed by atoms with E-state index in [1.165, 1.54) is 0 Å². The summed E-state index contributed by atoms with van der Waals surface area (Å²) in [4.78, 5) is 22.2. The Morgan fingerprint density at radius 1 is 1.28 bits per heavy atom. The molecule has 0 saturated carbocycles. The SMILES string of the molecule is C[C@H](CC=O)c1ccc(C(=O)OC(C)(C)C)cc1. The molecule has 0 aromatic heterocycles. The molecule has 1 aromatic rings. The van der Waals surface area contributed by atoms with Gasteiger partial charge in [-0.05, 0) is 44.4 Å². The van der Waals surface area contributed by atoms with Crippen LogP contribution in [0.2, 0.25) is 0 Å². The maximum absolute atomic E-state index is 11.8. The molecule has 0 spiro atoms. The zero-order valence-corrected chi connectivity index (χ0v) is 11.4. The van der Waals surface area contributed by atoms with Crippen LogP contribution in [-0.4, -0.2) is 17.9 Å². The molecule has 1 atom stereocenters. The van der Waals surface area contributed by atoms with Crippen LogP contribution in [0.4, 0.5) is 0 Å². The average Bonchev–Trinajstić information content (AvgIpc) is 2.27. The fourth-order valence-electron chi connectivity index (χ4n) is 1.57. The number of carbonyl (C=O) groups excluding carboxylic acids is 2. The Labute approximate surface area is 108 Å². The first-order valence-electron chi connectivity index (χ1n) is 6.10. The second-order valence-electron chi connectivity index (χ2n) is 5.43. The molecule has 18 heavy (non-hydrogen) atoms. The lowest BCUT2D eigenvalue weighted by molar-refractivity contribution is -0.108. The van der Waals surface area contributed by atoms with Gasteiger partial charge >= 0.3 is 5.97 Å². The standard InChI is InChI=1S/C15H20O3/c1-11(9-10-16)12-5-7-13(8-6-12)14(17)18-15(2,3)4/h5-8,10-11H,9H2,1-4H3/t11-/m1/s1. The highest BCUT2D eigenvalue weighted by Gasteiger charge is 2.17. The monoisotopic (exact) mass is 248 g/mol. The van der Waals surface area contributed by atoms with Crippen LogP contribution in [0, 0.1) is 0 Å². The number of esters is 1. The third kappa shape index (κ3) is 4.32. The molecule has 0 amide bonds. The summed E-state index contributed by atoms with van der Waals surface area (Å²) in [6.45, 7) is 7.50. The molecule has 0 heterocycles. The summed E-state index contributed by atoms with van der Waals surface area (Å²) in [5.41, 5.74) is 1.10. The lowest BCUT2D eigenvalue weighted by Crippen LogP contribution is -2.23. The molecule has 0 radical (unpaired) electrons. The second-order valence-corrected chi connectivity index (χ2v) is 5.43. The molecule has 3 nitrogen and oxygen atoms in total. The van der Waals surface area contributed by atoms with Crippen molar-refractivity contribution in [3.63, 3.8) is 0 Å². The van der Waals surface area contributed by atoms with Crippen LogP contribution in [0.3, 0.4) is 0 Å². The van der Waals surface area contributed by atoms with Crippen LogP contribution in [0.1, 0.15) is 56.0 Å². The van der Waals surface area contributed by atoms with Crippen molar-refractivity contribution >= 4 is 12.3 Å². The highest BCUT2D eigenvalue weighted by atomic mass is 16.6. The summed E-state index contributed by atoms with van der Waals surface area (Å²) in [6.07, 6.45) is 1.40. The smallest absolute Gasteiger partial charge is 0.338 e. The molecule has 0 aliphatic carbocycles. The van der Waals surface area contributed by atoms with E-state index < -0.39 is 5.60 Å². The number of ether oxygens (including phenoxy) is 1. The highest BCUT2D eigenvalue weighted by Crippen LogP contribution is 2.19. The van der Waals surface area contributed by atoms with Crippen molar-refractivity contribution < 1.29 is 14.3 Å². The van der Waals surface area contributed by atoms with E-state index in [1.54, 1.807) is 12.1 Å². The highest BCUT2D eigenvalue weighted by molar-refractivity contribution is 5.89. The van der Waals surface area contributed by atoms with Crippen molar-refractivity contribution in [3.05, 3.63) is 35.4 Å². The molecule has 3 heteroatoms. The Kier molecular flexibility index (Phi) is 4.65. The Morgan fingerprint density at radius 3 is 2.28 bits per heavy atom. The van der Waals surface area contributed by atoms with Gasteiger partial charge in [0.1, 0.15) is 11.9 Å². The van der Waals surface area contributed by atoms with E-state index in [1.807, 2.05) is 39.8 Å². The lowest BCUT2D eigenvalue weighted by atomic mass is 9.97. The summed E-state index contributed by atoms with van der Waals surface area (Å²) in [7, 11) is 0. The van der Waals surface area contributed by atoms with Gasteiger partial charge < -0.3 is 9.53 Å². The largest absolute Gasteiger partial charge is 0.456 e. The van der Waals surface area contributed by atoms with Gasteiger partial charge in [0.05, 0.1) is 5.56 Å². The molecule has 0 aliphatic rings. The molecule has 1 rings (SSSR count). The first-order valence-corrected chi connectivity index (χ1v) is 6.10. The van der Waals surface area contributed by atoms with Gasteiger partial charge in [-0.2, -0.15) is 0 Å². The van der Waals surface area contributed by atoms with E-state index >= 15 is 0 Å². The maximum Gasteiger partial charge on any atom is 0.338 e. The molecule has 0 N–H and O–H groups in total. The Balaban J connectivity index is 2.76. The molecule has 0 fully saturated rings. The molecular weight excluding hydrogens is 228 g/mol. The van der Waals surface area contributed by atoms with Gasteiger partial charge in [0.15, 0.2) is 0 Å². The van der Waals surface area contributed by atoms with Crippen LogP contribution in [-0.2, 0) is 9.53 Å². The van der Waals surface area contributed by atoms with Crippen molar-refractivity contribution in [1.29, 1.82) is 0 Å². The number of rotatable bonds is 4. The number of hydrogen-bond donors (Lipinski definition) is 0. The first-order chi connectivity index (χ1) is 8.33. The molecule has 98 valence electrons. The van der Waals surface area contributed by atoms with Gasteiger partial charge in [-0.25, -0.2) is 4.79 Å². The number of hydrogen-bond acceptors (Lipinski definition) is 3. The van der Waals surface area contributed by atoms with Crippen molar-refractivity contribution in [2.75, 3.05) is 0 Å². The zero-order chi connectivity index (χ0) is 13.8. The van der Waals surface area contributed by atoms with Crippen LogP contribution >= 0.6 is 0 Å². The summed E-state index contributed by atoms with van der Waals surface area (Å²) >= 11 is 0. The molecule has 0 saturated heterocycles. The fraction of sp³-hybridized carbons (Fsp3) is 0.467. The minimum Gasteiger partial charge on any atom is -0.456 e. The zero-order valence-electron chi connectivity index (χ0n) is 11.4. The average molecular weight is 248 g/mol. The van der Waals surface area contributed by atoms with Gasteiger partial charge in [-0.15, -0.1) is 0 Å². The van der Waals surface area contributed by atoms with Gasteiger partial charge in [0, 0.05) is 6.42 Å². The quantitative estimate of drug-likeness (QED) is 0.606. The normalized spacial score (nSPS) is 12.9. The number of carbonyl (C=O) groups is 2. The van der Waals surface area contributed by atoms with E-state index in [4.69, 9.17) is 4.74 Å². The minimum atomic E-state index is -0.486. The van der Waals surface area contributed by atoms with Crippen LogP contribution in [0.5, 0.6) is 0 Å². The van der Waals surface area contributed by atoms with E-state index in [9.17, 15) is 9.59 Å². The van der Waals surface area contributed by atoms with Crippen molar-refractivity contribution in [3.8, 4) is 0 Å². The first kappa shape index (κ1) is 14.4. The summed E-state index contributed by atoms with van der Waals surface area (Å²) in [6, 6.07) is 7.22. The summed E-state index contributed by atoms with van der Waals surface area (Å²) < 4.78 is 5.28. The van der Waals surface area contributed by atoms with E-state index in [0.29, 0.717) is 12.0 Å². The van der Waals surface area contributed by atoms with Crippen LogP contribution in [0.25, 0.3) is 0 Å². The minimum absolute atomic E-state index is 0.176. The molecule has 0 bridgehead atoms. The third-order valence-electron chi connectivity index (χ3n) is 2.56. The lowest BCUT2D eigenvalue weighted by Gasteiger charge is -2.19. The third-order valence-corrected chi connectivity index (χ3v) is 2.56. The predicted molar refractivity (Wildman–Crippen MR) is 70.7 cm³/mol. The Morgan fingerprint density at radius 2 is 1.83 bits per heavy atom. The molecular formula is C15H20O3. The van der Waals surface area contributed by atoms with Gasteiger partial charge in [0.25, 0.3) is 0 Å². The van der Waals surface area contributed by atoms with Gasteiger partial charge in [0.2, 0.25) is 0 Å². The van der Waals surface area contributed by atoms with E-state index in [2.05, 4.69) is 0 Å². The number of aldehydes is 1. The van der Waals surface area contributed by atoms with E-state index in [0.717, 1.165) is 11.8 Å². The van der Waals surface area contributed by atoms with Gasteiger partial charge in [-0.1, -0.05) is 19.1 Å². The summed E-state index contributed by atoms with van der Waals surface area (Å²) in [5.74, 6) is -0.146. The molecule has 0 aliphatic heterocycles. The van der Waals surface area contributed by atoms with Crippen molar-refractivity contribution in [2.45, 2.75) is 45.6 Å². The fourth-order valence-corrected chi connectivity index (χ4v) is 1.57. The molecule has 0 unspecified atom stereocenters. The van der Waals surface area contributed by atoms with Crippen LogP contribution < -0.4 is 0 Å². The Hall–Kier alpha value is -1.64. The topological polar surface area (TPSA) is 43.4 Å². The maximum atomic E-state index is 11.8. The van der Waals surface area contributed by atoms with Crippen molar-refractivity contribution in [1.82, 2.24) is 0 Å². The Bertz CT molecular complexity index is 412. The van der Waals surface area contributed by atoms with Gasteiger partial charge in [-0.3, -0.25) is 0 Å². The predicted octanol–water partition coefficient (Wildman–Crippen LogP) is 3.33. The van der Waals surface area contributed by atoms with Crippen molar-refractivity contribution in [2.24, 2.45) is 0 Å². The van der Waals surface area contributed by atoms with E-state index in [-0.39, 0.29) is 11.9 Å².